The van der Waals surface area contributed by atoms with Crippen LogP contribution in [-0.2, 0) is 4.79 Å². The van der Waals surface area contributed by atoms with E-state index in [1.54, 1.807) is 0 Å². The van der Waals surface area contributed by atoms with Crippen LogP contribution >= 0.6 is 24.0 Å². The molecule has 0 heterocycles. The predicted octanol–water partition coefficient (Wildman–Crippen LogP) is 2.24. The van der Waals surface area contributed by atoms with E-state index in [2.05, 4.69) is 20.9 Å². The van der Waals surface area contributed by atoms with Gasteiger partial charge in [0.05, 0.1) is 6.10 Å². The van der Waals surface area contributed by atoms with Crippen molar-refractivity contribution >= 4 is 41.5 Å². The second-order valence-electron chi connectivity index (χ2n) is 5.90. The molecular formula is C17H26FIN4O2. The van der Waals surface area contributed by atoms with E-state index in [0.29, 0.717) is 18.2 Å². The number of aliphatic imine (C=N–C) groups is 1. The number of aliphatic hydroxyl groups is 1. The molecule has 1 aromatic carbocycles. The van der Waals surface area contributed by atoms with Gasteiger partial charge in [-0.1, -0.05) is 0 Å². The highest BCUT2D eigenvalue weighted by molar-refractivity contribution is 14.0. The van der Waals surface area contributed by atoms with Crippen molar-refractivity contribution < 1.29 is 14.3 Å². The second-order valence-corrected chi connectivity index (χ2v) is 5.90. The molecule has 2 rings (SSSR count). The molecule has 1 aliphatic rings. The summed E-state index contributed by atoms with van der Waals surface area (Å²) in [6.45, 7) is 2.63. The highest BCUT2D eigenvalue weighted by Crippen LogP contribution is 2.18. The second kappa shape index (κ2) is 11.2. The molecule has 0 radical (unpaired) electrons. The van der Waals surface area contributed by atoms with E-state index in [1.807, 2.05) is 6.92 Å². The van der Waals surface area contributed by atoms with E-state index in [1.165, 1.54) is 24.3 Å². The van der Waals surface area contributed by atoms with Crippen molar-refractivity contribution in [3.8, 4) is 0 Å². The van der Waals surface area contributed by atoms with E-state index in [4.69, 9.17) is 0 Å². The maximum Gasteiger partial charge on any atom is 0.246 e. The van der Waals surface area contributed by atoms with Crippen LogP contribution in [0.2, 0.25) is 0 Å². The SMILES string of the molecule is CCNC(=NCC(=O)Nc1ccc(F)cc1)NC1CCC(O)CC1.I. The predicted molar refractivity (Wildman–Crippen MR) is 108 cm³/mol. The lowest BCUT2D eigenvalue weighted by atomic mass is 9.93. The Morgan fingerprint density at radius 1 is 1.24 bits per heavy atom. The minimum Gasteiger partial charge on any atom is -0.393 e. The van der Waals surface area contributed by atoms with E-state index < -0.39 is 0 Å². The Morgan fingerprint density at radius 2 is 1.88 bits per heavy atom. The van der Waals surface area contributed by atoms with Crippen LogP contribution in [0.3, 0.4) is 0 Å². The number of nitrogens with zero attached hydrogens (tertiary/aromatic N) is 1. The summed E-state index contributed by atoms with van der Waals surface area (Å²) in [5, 5.41) is 18.6. The van der Waals surface area contributed by atoms with Crippen molar-refractivity contribution in [2.45, 2.75) is 44.8 Å². The van der Waals surface area contributed by atoms with Crippen molar-refractivity contribution in [1.82, 2.24) is 10.6 Å². The average Bonchev–Trinajstić information content (AvgIpc) is 2.57. The third kappa shape index (κ3) is 8.00. The van der Waals surface area contributed by atoms with Crippen LogP contribution in [0.15, 0.2) is 29.3 Å². The van der Waals surface area contributed by atoms with E-state index in [-0.39, 0.29) is 54.4 Å². The number of benzene rings is 1. The highest BCUT2D eigenvalue weighted by Gasteiger charge is 2.20. The summed E-state index contributed by atoms with van der Waals surface area (Å²) in [6, 6.07) is 5.86. The number of aliphatic hydroxyl groups excluding tert-OH is 1. The molecule has 8 heteroatoms. The fourth-order valence-corrected chi connectivity index (χ4v) is 2.62. The highest BCUT2D eigenvalue weighted by atomic mass is 127. The molecule has 0 spiro atoms. The third-order valence-electron chi connectivity index (χ3n) is 3.89. The molecule has 0 aromatic heterocycles. The van der Waals surface area contributed by atoms with Crippen LogP contribution in [0, 0.1) is 5.82 Å². The van der Waals surface area contributed by atoms with Crippen molar-refractivity contribution in [2.24, 2.45) is 4.99 Å². The van der Waals surface area contributed by atoms with Crippen molar-refractivity contribution in [2.75, 3.05) is 18.4 Å². The zero-order chi connectivity index (χ0) is 17.4. The molecule has 6 nitrogen and oxygen atoms in total. The maximum absolute atomic E-state index is 12.8. The molecule has 1 aromatic rings. The molecule has 25 heavy (non-hydrogen) atoms. The van der Waals surface area contributed by atoms with Crippen LogP contribution in [0.25, 0.3) is 0 Å². The number of hydrogen-bond acceptors (Lipinski definition) is 3. The molecule has 1 fully saturated rings. The van der Waals surface area contributed by atoms with Crippen molar-refractivity contribution in [3.05, 3.63) is 30.1 Å². The minimum absolute atomic E-state index is 0. The largest absolute Gasteiger partial charge is 0.393 e. The summed E-state index contributed by atoms with van der Waals surface area (Å²) >= 11 is 0. The first-order valence-electron chi connectivity index (χ1n) is 8.35. The quantitative estimate of drug-likeness (QED) is 0.306. The maximum atomic E-state index is 12.8. The third-order valence-corrected chi connectivity index (χ3v) is 3.89. The molecule has 0 saturated heterocycles. The van der Waals surface area contributed by atoms with Gasteiger partial charge in [0, 0.05) is 18.3 Å². The molecular weight excluding hydrogens is 438 g/mol. The Morgan fingerprint density at radius 3 is 2.48 bits per heavy atom. The Hall–Kier alpha value is -1.42. The van der Waals surface area contributed by atoms with Gasteiger partial charge in [-0.05, 0) is 56.9 Å². The van der Waals surface area contributed by atoms with Crippen LogP contribution in [0.5, 0.6) is 0 Å². The molecule has 0 atom stereocenters. The number of hydrogen-bond donors (Lipinski definition) is 4. The zero-order valence-electron chi connectivity index (χ0n) is 14.3. The molecule has 4 N–H and O–H groups in total. The topological polar surface area (TPSA) is 85.8 Å². The first-order chi connectivity index (χ1) is 11.6. The number of anilines is 1. The average molecular weight is 464 g/mol. The van der Waals surface area contributed by atoms with Crippen LogP contribution < -0.4 is 16.0 Å². The summed E-state index contributed by atoms with van der Waals surface area (Å²) in [7, 11) is 0. The fourth-order valence-electron chi connectivity index (χ4n) is 2.62. The van der Waals surface area contributed by atoms with E-state index >= 15 is 0 Å². The smallest absolute Gasteiger partial charge is 0.246 e. The number of carbonyl (C=O) groups excluding carboxylic acids is 1. The zero-order valence-corrected chi connectivity index (χ0v) is 16.6. The Balaban J connectivity index is 0.00000312. The van der Waals surface area contributed by atoms with Gasteiger partial charge >= 0.3 is 0 Å². The van der Waals surface area contributed by atoms with Crippen LogP contribution in [-0.4, -0.2) is 42.2 Å². The van der Waals surface area contributed by atoms with Gasteiger partial charge in [0.2, 0.25) is 5.91 Å². The summed E-state index contributed by atoms with van der Waals surface area (Å²) < 4.78 is 12.8. The van der Waals surface area contributed by atoms with Crippen LogP contribution in [0.4, 0.5) is 10.1 Å². The van der Waals surface area contributed by atoms with Gasteiger partial charge in [0.15, 0.2) is 5.96 Å². The summed E-state index contributed by atoms with van der Waals surface area (Å²) in [5.74, 6) is -0.0201. The van der Waals surface area contributed by atoms with E-state index in [9.17, 15) is 14.3 Å². The van der Waals surface area contributed by atoms with Gasteiger partial charge in [-0.2, -0.15) is 0 Å². The first kappa shape index (κ1) is 21.6. The van der Waals surface area contributed by atoms with Crippen molar-refractivity contribution in [3.63, 3.8) is 0 Å². The van der Waals surface area contributed by atoms with Gasteiger partial charge in [-0.3, -0.25) is 4.79 Å². The molecule has 1 amide bonds. The number of carbonyl (C=O) groups is 1. The monoisotopic (exact) mass is 464 g/mol. The molecule has 1 aliphatic carbocycles. The standard InChI is InChI=1S/C17H25FN4O2.HI/c1-2-19-17(22-14-7-9-15(23)10-8-14)20-11-16(24)21-13-5-3-12(18)4-6-13;/h3-6,14-15,23H,2,7-11H2,1H3,(H,21,24)(H2,19,20,22);1H. The molecule has 0 unspecified atom stereocenters. The van der Waals surface area contributed by atoms with Gasteiger partial charge < -0.3 is 21.1 Å². The van der Waals surface area contributed by atoms with Gasteiger partial charge in [0.1, 0.15) is 12.4 Å². The fraction of sp³-hybridized carbons (Fsp3) is 0.529. The lowest BCUT2D eigenvalue weighted by molar-refractivity contribution is -0.114. The molecule has 0 aliphatic heterocycles. The number of rotatable bonds is 5. The van der Waals surface area contributed by atoms with Gasteiger partial charge in [0.25, 0.3) is 0 Å². The number of guanidine groups is 1. The molecule has 1 saturated carbocycles. The lowest BCUT2D eigenvalue weighted by Gasteiger charge is -2.27. The number of nitrogens with one attached hydrogen (secondary N) is 3. The van der Waals surface area contributed by atoms with E-state index in [0.717, 1.165) is 25.7 Å². The summed E-state index contributed by atoms with van der Waals surface area (Å²) in [5.41, 5.74) is 0.538. The number of amides is 1. The Kier molecular flexibility index (Phi) is 9.73. The lowest BCUT2D eigenvalue weighted by Crippen LogP contribution is -2.45. The van der Waals surface area contributed by atoms with Gasteiger partial charge in [-0.15, -0.1) is 24.0 Å². The Bertz CT molecular complexity index is 560. The van der Waals surface area contributed by atoms with Crippen molar-refractivity contribution in [1.29, 1.82) is 0 Å². The number of halogens is 2. The Labute approximate surface area is 164 Å². The minimum atomic E-state index is -0.345. The molecule has 0 bridgehead atoms. The van der Waals surface area contributed by atoms with Gasteiger partial charge in [-0.25, -0.2) is 9.38 Å². The normalized spacial score (nSPS) is 20.4. The summed E-state index contributed by atoms with van der Waals surface area (Å²) in [6.07, 6.45) is 3.12. The van der Waals surface area contributed by atoms with Crippen LogP contribution in [0.1, 0.15) is 32.6 Å². The summed E-state index contributed by atoms with van der Waals surface area (Å²) in [4.78, 5) is 16.2. The molecule has 140 valence electrons. The first-order valence-corrected chi connectivity index (χ1v) is 8.35.